The number of hydrogen-bond acceptors (Lipinski definition) is 5. The van der Waals surface area contributed by atoms with Crippen LogP contribution in [0.5, 0.6) is 5.75 Å². The normalized spacial score (nSPS) is 12.9. The van der Waals surface area contributed by atoms with Gasteiger partial charge in [0.05, 0.1) is 6.10 Å². The minimum absolute atomic E-state index is 0.0589. The number of nitrogens with zero attached hydrogens (tertiary/aromatic N) is 1. The second-order valence-corrected chi connectivity index (χ2v) is 7.48. The van der Waals surface area contributed by atoms with Crippen LogP contribution in [-0.4, -0.2) is 54.6 Å². The van der Waals surface area contributed by atoms with Gasteiger partial charge in [0, 0.05) is 44.2 Å². The summed E-state index contributed by atoms with van der Waals surface area (Å²) in [5.74, 6) is 0.801. The van der Waals surface area contributed by atoms with Crippen LogP contribution in [0.4, 0.5) is 0 Å². The highest BCUT2D eigenvalue weighted by Gasteiger charge is 2.16. The molecule has 2 aromatic carbocycles. The summed E-state index contributed by atoms with van der Waals surface area (Å²) in [6, 6.07) is 16.6. The van der Waals surface area contributed by atoms with E-state index in [1.54, 1.807) is 12.1 Å². The van der Waals surface area contributed by atoms with Crippen LogP contribution in [0.1, 0.15) is 35.4 Å². The molecule has 2 unspecified atom stereocenters. The van der Waals surface area contributed by atoms with E-state index in [1.165, 1.54) is 0 Å². The van der Waals surface area contributed by atoms with E-state index < -0.39 is 6.10 Å². The fraction of sp³-hybridized carbons (Fsp3) is 0.346. The molecule has 2 rings (SSSR count). The number of ketones is 1. The molecule has 0 heterocycles. The lowest BCUT2D eigenvalue weighted by molar-refractivity contribution is 0.0972. The second-order valence-electron chi connectivity index (χ2n) is 7.48. The molecule has 0 saturated carbocycles. The maximum atomic E-state index is 12.5. The second kappa shape index (κ2) is 13.5. The molecule has 5 heteroatoms. The Bertz CT molecular complexity index is 795. The molecule has 0 spiro atoms. The van der Waals surface area contributed by atoms with Gasteiger partial charge in [0.2, 0.25) is 0 Å². The molecule has 0 aliphatic heterocycles. The van der Waals surface area contributed by atoms with E-state index in [0.29, 0.717) is 25.1 Å². The molecule has 166 valence electrons. The van der Waals surface area contributed by atoms with E-state index in [9.17, 15) is 9.90 Å². The van der Waals surface area contributed by atoms with Gasteiger partial charge >= 0.3 is 0 Å². The van der Waals surface area contributed by atoms with Crippen LogP contribution in [0.2, 0.25) is 0 Å². The minimum atomic E-state index is -0.610. The van der Waals surface area contributed by atoms with Crippen LogP contribution in [-0.2, 0) is 0 Å². The average Bonchev–Trinajstić information content (AvgIpc) is 2.79. The number of ether oxygens (including phenoxy) is 1. The van der Waals surface area contributed by atoms with Crippen molar-refractivity contribution in [1.29, 1.82) is 0 Å². The molecule has 0 amide bonds. The first-order chi connectivity index (χ1) is 15.0. The number of Topliss-reactive ketones (excluding diaryl/α,β-unsaturated/α-hetero) is 1. The summed E-state index contributed by atoms with van der Waals surface area (Å²) < 4.78 is 5.78. The fourth-order valence-electron chi connectivity index (χ4n) is 3.26. The van der Waals surface area contributed by atoms with Crippen molar-refractivity contribution in [3.63, 3.8) is 0 Å². The van der Waals surface area contributed by atoms with Gasteiger partial charge in [0.25, 0.3) is 0 Å². The van der Waals surface area contributed by atoms with Crippen molar-refractivity contribution in [2.45, 2.75) is 25.5 Å². The van der Waals surface area contributed by atoms with Crippen molar-refractivity contribution < 1.29 is 14.6 Å². The molecule has 0 saturated heterocycles. The van der Waals surface area contributed by atoms with Crippen LogP contribution in [0.15, 0.2) is 79.9 Å². The number of nitrogens with one attached hydrogen (secondary N) is 1. The van der Waals surface area contributed by atoms with Crippen molar-refractivity contribution in [2.75, 3.05) is 32.8 Å². The Morgan fingerprint density at radius 2 is 1.74 bits per heavy atom. The summed E-state index contributed by atoms with van der Waals surface area (Å²) in [5, 5.41) is 13.6. The maximum Gasteiger partial charge on any atom is 0.164 e. The van der Waals surface area contributed by atoms with Gasteiger partial charge in [-0.15, -0.1) is 13.2 Å². The SMILES string of the molecule is C=CCN(CC=C)CCOc1ccc(C(=O)CCNC(C)C(O)c2ccccc2)cc1. The molecule has 0 aliphatic rings. The summed E-state index contributed by atoms with van der Waals surface area (Å²) >= 11 is 0. The third-order valence-electron chi connectivity index (χ3n) is 5.06. The molecule has 0 aliphatic carbocycles. The number of aliphatic hydroxyl groups excluding tert-OH is 1. The van der Waals surface area contributed by atoms with Crippen molar-refractivity contribution >= 4 is 5.78 Å². The monoisotopic (exact) mass is 422 g/mol. The Hall–Kier alpha value is -2.73. The summed E-state index contributed by atoms with van der Waals surface area (Å²) in [6.45, 7) is 12.9. The predicted octanol–water partition coefficient (Wildman–Crippen LogP) is 4.02. The zero-order chi connectivity index (χ0) is 22.5. The lowest BCUT2D eigenvalue weighted by Gasteiger charge is -2.20. The van der Waals surface area contributed by atoms with Gasteiger partial charge < -0.3 is 15.2 Å². The molecule has 31 heavy (non-hydrogen) atoms. The van der Waals surface area contributed by atoms with E-state index in [0.717, 1.165) is 30.9 Å². The summed E-state index contributed by atoms with van der Waals surface area (Å²) in [5.41, 5.74) is 1.52. The van der Waals surface area contributed by atoms with E-state index >= 15 is 0 Å². The lowest BCUT2D eigenvalue weighted by atomic mass is 10.0. The number of aliphatic hydroxyl groups is 1. The molecule has 2 N–H and O–H groups in total. The highest BCUT2D eigenvalue weighted by Crippen LogP contribution is 2.16. The van der Waals surface area contributed by atoms with Gasteiger partial charge in [-0.2, -0.15) is 0 Å². The molecule has 5 nitrogen and oxygen atoms in total. The van der Waals surface area contributed by atoms with Crippen LogP contribution in [0.3, 0.4) is 0 Å². The van der Waals surface area contributed by atoms with Crippen LogP contribution >= 0.6 is 0 Å². The summed E-state index contributed by atoms with van der Waals surface area (Å²) in [7, 11) is 0. The molecular formula is C26H34N2O3. The quantitative estimate of drug-likeness (QED) is 0.335. The molecule has 0 fully saturated rings. The Morgan fingerprint density at radius 3 is 2.35 bits per heavy atom. The summed E-state index contributed by atoms with van der Waals surface area (Å²) in [4.78, 5) is 14.6. The van der Waals surface area contributed by atoms with Crippen molar-refractivity contribution in [3.05, 3.63) is 91.0 Å². The van der Waals surface area contributed by atoms with Gasteiger partial charge in [0.1, 0.15) is 12.4 Å². The average molecular weight is 423 g/mol. The fourth-order valence-corrected chi connectivity index (χ4v) is 3.26. The van der Waals surface area contributed by atoms with Gasteiger partial charge in [-0.3, -0.25) is 9.69 Å². The molecule has 0 radical (unpaired) electrons. The molecule has 0 bridgehead atoms. The third kappa shape index (κ3) is 8.50. The highest BCUT2D eigenvalue weighted by molar-refractivity contribution is 5.96. The molecule has 0 aromatic heterocycles. The van der Waals surface area contributed by atoms with E-state index in [-0.39, 0.29) is 11.8 Å². The number of benzene rings is 2. The van der Waals surface area contributed by atoms with E-state index in [1.807, 2.05) is 61.5 Å². The van der Waals surface area contributed by atoms with E-state index in [4.69, 9.17) is 4.74 Å². The van der Waals surface area contributed by atoms with Gasteiger partial charge in [-0.1, -0.05) is 42.5 Å². The van der Waals surface area contributed by atoms with Gasteiger partial charge in [-0.25, -0.2) is 0 Å². The first kappa shape index (κ1) is 24.5. The topological polar surface area (TPSA) is 61.8 Å². The number of carbonyl (C=O) groups is 1. The highest BCUT2D eigenvalue weighted by atomic mass is 16.5. The maximum absolute atomic E-state index is 12.5. The Morgan fingerprint density at radius 1 is 1.10 bits per heavy atom. The summed E-state index contributed by atoms with van der Waals surface area (Å²) in [6.07, 6.45) is 3.48. The first-order valence-corrected chi connectivity index (χ1v) is 10.7. The predicted molar refractivity (Wildman–Crippen MR) is 127 cm³/mol. The zero-order valence-corrected chi connectivity index (χ0v) is 18.4. The molecular weight excluding hydrogens is 388 g/mol. The van der Waals surface area contributed by atoms with Gasteiger partial charge in [-0.05, 0) is 36.8 Å². The van der Waals surface area contributed by atoms with Gasteiger partial charge in [0.15, 0.2) is 5.78 Å². The molecule has 2 atom stereocenters. The van der Waals surface area contributed by atoms with Crippen LogP contribution in [0.25, 0.3) is 0 Å². The Kier molecular flexibility index (Phi) is 10.7. The van der Waals surface area contributed by atoms with E-state index in [2.05, 4.69) is 23.4 Å². The third-order valence-corrected chi connectivity index (χ3v) is 5.06. The zero-order valence-electron chi connectivity index (χ0n) is 18.4. The first-order valence-electron chi connectivity index (χ1n) is 10.7. The van der Waals surface area contributed by atoms with Crippen LogP contribution in [0, 0.1) is 0 Å². The number of carbonyl (C=O) groups excluding carboxylic acids is 1. The van der Waals surface area contributed by atoms with Crippen molar-refractivity contribution in [1.82, 2.24) is 10.2 Å². The number of hydrogen-bond donors (Lipinski definition) is 2. The smallest absolute Gasteiger partial charge is 0.164 e. The Labute approximate surface area is 186 Å². The van der Waals surface area contributed by atoms with Crippen molar-refractivity contribution in [3.8, 4) is 5.75 Å². The number of rotatable bonds is 15. The van der Waals surface area contributed by atoms with Crippen LogP contribution < -0.4 is 10.1 Å². The minimum Gasteiger partial charge on any atom is -0.492 e. The largest absolute Gasteiger partial charge is 0.492 e. The lowest BCUT2D eigenvalue weighted by Crippen LogP contribution is -2.33. The van der Waals surface area contributed by atoms with Crippen molar-refractivity contribution in [2.24, 2.45) is 0 Å². The molecule has 2 aromatic rings. The Balaban J connectivity index is 1.73. The standard InChI is InChI=1S/C26H34N2O3/c1-4-17-28(18-5-2)19-20-31-24-13-11-22(12-14-24)25(29)15-16-27-21(3)26(30)23-9-7-6-8-10-23/h4-14,21,26-27,30H,1-2,15-20H2,3H3.